The van der Waals surface area contributed by atoms with Gasteiger partial charge < -0.3 is 5.32 Å². The molecule has 8 atom stereocenters. The van der Waals surface area contributed by atoms with Crippen molar-refractivity contribution in [2.24, 2.45) is 34.5 Å². The molecule has 1 saturated heterocycles. The average Bonchev–Trinajstić information content (AvgIpc) is 2.93. The molecule has 4 saturated carbocycles. The highest BCUT2D eigenvalue weighted by Gasteiger charge is 2.97. The Hall–Kier alpha value is -0.0400. The predicted molar refractivity (Wildman–Crippen MR) is 50.1 cm³/mol. The second-order valence-corrected chi connectivity index (χ2v) is 6.68. The number of nitrogens with one attached hydrogen (secondary N) is 1. The molecular formula is C12H17N. The van der Waals surface area contributed by atoms with E-state index in [0.717, 1.165) is 34.7 Å². The zero-order chi connectivity index (χ0) is 8.59. The van der Waals surface area contributed by atoms with Crippen molar-refractivity contribution in [2.45, 2.75) is 38.8 Å². The summed E-state index contributed by atoms with van der Waals surface area (Å²) in [5.74, 6) is 4.54. The van der Waals surface area contributed by atoms with Crippen molar-refractivity contribution in [2.75, 3.05) is 0 Å². The molecule has 1 heteroatoms. The van der Waals surface area contributed by atoms with E-state index >= 15 is 0 Å². The molecule has 0 amide bonds. The van der Waals surface area contributed by atoms with Crippen LogP contribution in [0.2, 0.25) is 0 Å². The van der Waals surface area contributed by atoms with Gasteiger partial charge in [0.05, 0.1) is 0 Å². The molecule has 1 nitrogen and oxygen atoms in total. The van der Waals surface area contributed by atoms with E-state index in [-0.39, 0.29) is 0 Å². The largest absolute Gasteiger partial charge is 0.308 e. The number of fused-ring (bicyclic) bond motifs is 8. The minimum Gasteiger partial charge on any atom is -0.308 e. The van der Waals surface area contributed by atoms with Crippen molar-refractivity contribution in [3.05, 3.63) is 0 Å². The Morgan fingerprint density at radius 3 is 2.69 bits per heavy atom. The maximum atomic E-state index is 3.66. The topological polar surface area (TPSA) is 21.9 Å². The molecule has 1 spiro atoms. The molecule has 0 aromatic rings. The lowest BCUT2D eigenvalue weighted by molar-refractivity contribution is 0.315. The monoisotopic (exact) mass is 175 g/mol. The predicted octanol–water partition coefficient (Wildman–Crippen LogP) is 1.64. The second-order valence-electron chi connectivity index (χ2n) is 6.68. The van der Waals surface area contributed by atoms with Gasteiger partial charge in [0.1, 0.15) is 0 Å². The fourth-order valence-electron chi connectivity index (χ4n) is 6.25. The van der Waals surface area contributed by atoms with Crippen LogP contribution in [0.25, 0.3) is 0 Å². The molecule has 8 unspecified atom stereocenters. The van der Waals surface area contributed by atoms with Gasteiger partial charge in [0, 0.05) is 12.1 Å². The molecule has 0 bridgehead atoms. The van der Waals surface area contributed by atoms with Crippen molar-refractivity contribution in [1.29, 1.82) is 0 Å². The van der Waals surface area contributed by atoms with Gasteiger partial charge in [-0.25, -0.2) is 0 Å². The van der Waals surface area contributed by atoms with Gasteiger partial charge >= 0.3 is 0 Å². The van der Waals surface area contributed by atoms with E-state index in [1.807, 2.05) is 0 Å². The molecule has 0 aromatic heterocycles. The molecule has 1 aliphatic heterocycles. The number of hydrogen-bond acceptors (Lipinski definition) is 1. The van der Waals surface area contributed by atoms with Gasteiger partial charge in [0.15, 0.2) is 0 Å². The van der Waals surface area contributed by atoms with Gasteiger partial charge in [-0.3, -0.25) is 0 Å². The lowest BCUT2D eigenvalue weighted by atomic mass is 9.87. The Morgan fingerprint density at radius 1 is 1.38 bits per heavy atom. The quantitative estimate of drug-likeness (QED) is 0.555. The van der Waals surface area contributed by atoms with Crippen LogP contribution in [0.5, 0.6) is 0 Å². The van der Waals surface area contributed by atoms with E-state index in [9.17, 15) is 0 Å². The fraction of sp³-hybridized carbons (Fsp3) is 1.00. The first kappa shape index (κ1) is 6.44. The van der Waals surface area contributed by atoms with E-state index in [1.54, 1.807) is 6.42 Å². The highest BCUT2D eigenvalue weighted by molar-refractivity contribution is 5.46. The van der Waals surface area contributed by atoms with Crippen molar-refractivity contribution in [3.8, 4) is 0 Å². The van der Waals surface area contributed by atoms with Crippen LogP contribution in [0.15, 0.2) is 0 Å². The van der Waals surface area contributed by atoms with Gasteiger partial charge in [-0.05, 0) is 47.3 Å². The summed E-state index contributed by atoms with van der Waals surface area (Å²) in [6.07, 6.45) is 3.08. The van der Waals surface area contributed by atoms with Crippen molar-refractivity contribution >= 4 is 0 Å². The molecule has 5 fully saturated rings. The average molecular weight is 175 g/mol. The van der Waals surface area contributed by atoms with E-state index < -0.39 is 0 Å². The van der Waals surface area contributed by atoms with Crippen LogP contribution in [-0.2, 0) is 0 Å². The maximum Gasteiger partial charge on any atom is 0.0264 e. The Kier molecular flexibility index (Phi) is 0.656. The molecule has 5 aliphatic rings. The lowest BCUT2D eigenvalue weighted by Gasteiger charge is -2.18. The highest BCUT2D eigenvalue weighted by atomic mass is 15.2. The SMILES string of the molecule is CC1CC2C1C21C2C3NC3CC21C. The smallest absolute Gasteiger partial charge is 0.0264 e. The van der Waals surface area contributed by atoms with Gasteiger partial charge in [0.2, 0.25) is 0 Å². The third-order valence-corrected chi connectivity index (χ3v) is 6.57. The van der Waals surface area contributed by atoms with E-state index in [0.29, 0.717) is 0 Å². The number of rotatable bonds is 0. The van der Waals surface area contributed by atoms with Crippen molar-refractivity contribution in [3.63, 3.8) is 0 Å². The maximum absolute atomic E-state index is 3.66. The zero-order valence-electron chi connectivity index (χ0n) is 8.38. The molecule has 1 heterocycles. The normalized spacial score (nSPS) is 85.4. The van der Waals surface area contributed by atoms with Crippen molar-refractivity contribution in [1.82, 2.24) is 5.32 Å². The summed E-state index contributed by atoms with van der Waals surface area (Å²) >= 11 is 0. The van der Waals surface area contributed by atoms with Gasteiger partial charge in [0.25, 0.3) is 0 Å². The molecule has 0 radical (unpaired) electrons. The molecule has 5 rings (SSSR count). The van der Waals surface area contributed by atoms with Crippen LogP contribution in [0, 0.1) is 34.5 Å². The molecule has 13 heavy (non-hydrogen) atoms. The summed E-state index contributed by atoms with van der Waals surface area (Å²) in [4.78, 5) is 0. The van der Waals surface area contributed by atoms with Crippen LogP contribution in [-0.4, -0.2) is 12.1 Å². The first-order valence-electron chi connectivity index (χ1n) is 5.97. The summed E-state index contributed by atoms with van der Waals surface area (Å²) in [6.45, 7) is 5.07. The molecule has 4 aliphatic carbocycles. The Balaban J connectivity index is 1.62. The van der Waals surface area contributed by atoms with Crippen LogP contribution in [0.1, 0.15) is 26.7 Å². The standard InChI is InChI=1S/C12H17N/c1-5-3-6-8(5)12(6)10-9-7(13-9)4-11(10,12)2/h5-10,13H,3-4H2,1-2H3. The van der Waals surface area contributed by atoms with Crippen LogP contribution < -0.4 is 5.32 Å². The first-order valence-corrected chi connectivity index (χ1v) is 5.97. The molecule has 70 valence electrons. The third-order valence-electron chi connectivity index (χ3n) is 6.57. The van der Waals surface area contributed by atoms with E-state index in [1.165, 1.54) is 18.3 Å². The Bertz CT molecular complexity index is 338. The fourth-order valence-corrected chi connectivity index (χ4v) is 6.25. The Morgan fingerprint density at radius 2 is 2.23 bits per heavy atom. The summed E-state index contributed by atoms with van der Waals surface area (Å²) in [5, 5.41) is 3.66. The minimum absolute atomic E-state index is 0.813. The van der Waals surface area contributed by atoms with E-state index in [4.69, 9.17) is 0 Å². The van der Waals surface area contributed by atoms with Crippen LogP contribution in [0.4, 0.5) is 0 Å². The summed E-state index contributed by atoms with van der Waals surface area (Å²) in [6, 6.07) is 1.93. The van der Waals surface area contributed by atoms with Gasteiger partial charge in [-0.1, -0.05) is 13.8 Å². The Labute approximate surface area is 79.3 Å². The summed E-state index contributed by atoms with van der Waals surface area (Å²) in [7, 11) is 0. The summed E-state index contributed by atoms with van der Waals surface area (Å²) < 4.78 is 0. The molecular weight excluding hydrogens is 158 g/mol. The van der Waals surface area contributed by atoms with Gasteiger partial charge in [-0.15, -0.1) is 0 Å². The molecule has 0 aromatic carbocycles. The summed E-state index contributed by atoms with van der Waals surface area (Å²) in [5.41, 5.74) is 1.71. The second kappa shape index (κ2) is 1.32. The highest BCUT2D eigenvalue weighted by Crippen LogP contribution is 2.98. The zero-order valence-corrected chi connectivity index (χ0v) is 8.38. The minimum atomic E-state index is 0.813. The number of piperidine rings is 1. The number of hydrogen-bond donors (Lipinski definition) is 1. The van der Waals surface area contributed by atoms with Crippen molar-refractivity contribution < 1.29 is 0 Å². The van der Waals surface area contributed by atoms with Crippen LogP contribution in [0.3, 0.4) is 0 Å². The molecule has 1 N–H and O–H groups in total. The first-order chi connectivity index (χ1) is 6.21. The van der Waals surface area contributed by atoms with E-state index in [2.05, 4.69) is 19.2 Å². The van der Waals surface area contributed by atoms with Crippen LogP contribution >= 0.6 is 0 Å². The third kappa shape index (κ3) is 0.379. The lowest BCUT2D eigenvalue weighted by Crippen LogP contribution is -2.10. The van der Waals surface area contributed by atoms with Gasteiger partial charge in [-0.2, -0.15) is 0 Å².